The van der Waals surface area contributed by atoms with Crippen LogP contribution in [0.1, 0.15) is 64.7 Å². The fourth-order valence-corrected chi connectivity index (χ4v) is 2.23. The van der Waals surface area contributed by atoms with Crippen molar-refractivity contribution in [2.45, 2.75) is 70.5 Å². The van der Waals surface area contributed by atoms with Gasteiger partial charge in [0.05, 0.1) is 7.85 Å². The predicted octanol–water partition coefficient (Wildman–Crippen LogP) is 4.10. The SMILES string of the molecule is [B][C@@H]1CCCCCCCCC[C@@H]1C. The van der Waals surface area contributed by atoms with Gasteiger partial charge in [-0.05, 0) is 5.92 Å². The first kappa shape index (κ1) is 11.1. The van der Waals surface area contributed by atoms with Crippen LogP contribution in [0, 0.1) is 5.92 Å². The van der Waals surface area contributed by atoms with Gasteiger partial charge in [0.2, 0.25) is 0 Å². The first-order valence-corrected chi connectivity index (χ1v) is 6.06. The summed E-state index contributed by atoms with van der Waals surface area (Å²) < 4.78 is 0. The molecule has 0 unspecified atom stereocenters. The summed E-state index contributed by atoms with van der Waals surface area (Å²) in [7, 11) is 6.12. The van der Waals surface area contributed by atoms with E-state index in [1.54, 1.807) is 0 Å². The van der Waals surface area contributed by atoms with Gasteiger partial charge in [0.1, 0.15) is 0 Å². The summed E-state index contributed by atoms with van der Waals surface area (Å²) in [5.41, 5.74) is 0. The van der Waals surface area contributed by atoms with E-state index in [0.29, 0.717) is 5.82 Å². The van der Waals surface area contributed by atoms with E-state index in [1.807, 2.05) is 0 Å². The van der Waals surface area contributed by atoms with Crippen LogP contribution in [0.2, 0.25) is 5.82 Å². The van der Waals surface area contributed by atoms with Crippen molar-refractivity contribution in [3.8, 4) is 0 Å². The highest BCUT2D eigenvalue weighted by Crippen LogP contribution is 2.27. The van der Waals surface area contributed by atoms with E-state index in [1.165, 1.54) is 57.8 Å². The smallest absolute Gasteiger partial charge is 0.0703 e. The summed E-state index contributed by atoms with van der Waals surface area (Å²) in [5.74, 6) is 1.22. The molecular weight excluding hydrogens is 155 g/mol. The molecule has 2 atom stereocenters. The Morgan fingerprint density at radius 3 is 1.85 bits per heavy atom. The fraction of sp³-hybridized carbons (Fsp3) is 1.00. The maximum Gasteiger partial charge on any atom is 0.0703 e. The zero-order chi connectivity index (χ0) is 9.52. The molecule has 1 heteroatoms. The quantitative estimate of drug-likeness (QED) is 0.490. The number of rotatable bonds is 0. The van der Waals surface area contributed by atoms with Crippen LogP contribution < -0.4 is 0 Å². The van der Waals surface area contributed by atoms with Crippen LogP contribution in [0.4, 0.5) is 0 Å². The van der Waals surface area contributed by atoms with Crippen molar-refractivity contribution in [1.82, 2.24) is 0 Å². The van der Waals surface area contributed by atoms with Crippen LogP contribution in [0.25, 0.3) is 0 Å². The van der Waals surface area contributed by atoms with Crippen molar-refractivity contribution < 1.29 is 0 Å². The van der Waals surface area contributed by atoms with Crippen molar-refractivity contribution in [3.05, 3.63) is 0 Å². The Labute approximate surface area is 84.9 Å². The molecule has 1 rings (SSSR count). The van der Waals surface area contributed by atoms with E-state index >= 15 is 0 Å². The van der Waals surface area contributed by atoms with Gasteiger partial charge in [-0.25, -0.2) is 0 Å². The highest BCUT2D eigenvalue weighted by atomic mass is 14.1. The van der Waals surface area contributed by atoms with Crippen LogP contribution in [0.5, 0.6) is 0 Å². The Morgan fingerprint density at radius 2 is 1.23 bits per heavy atom. The highest BCUT2D eigenvalue weighted by Gasteiger charge is 2.11. The molecule has 0 amide bonds. The standard InChI is InChI=1S/C12H23B/c1-11-9-7-5-3-2-4-6-8-10-12(11)13/h11-12H,2-10H2,1H3/t11-,12+/m0/s1. The average molecular weight is 178 g/mol. The van der Waals surface area contributed by atoms with Crippen molar-refractivity contribution in [3.63, 3.8) is 0 Å². The summed E-state index contributed by atoms with van der Waals surface area (Å²) in [4.78, 5) is 0. The summed E-state index contributed by atoms with van der Waals surface area (Å²) in [5, 5.41) is 0. The average Bonchev–Trinajstić information content (AvgIpc) is 2.16. The minimum atomic E-state index is 0.470. The van der Waals surface area contributed by atoms with Crippen molar-refractivity contribution in [2.24, 2.45) is 5.92 Å². The normalized spacial score (nSPS) is 33.6. The molecule has 0 aromatic rings. The van der Waals surface area contributed by atoms with Crippen LogP contribution in [-0.2, 0) is 0 Å². The highest BCUT2D eigenvalue weighted by molar-refractivity contribution is 6.11. The van der Waals surface area contributed by atoms with Gasteiger partial charge < -0.3 is 0 Å². The van der Waals surface area contributed by atoms with E-state index < -0.39 is 0 Å². The Balaban J connectivity index is 2.26. The van der Waals surface area contributed by atoms with E-state index in [0.717, 1.165) is 5.92 Å². The lowest BCUT2D eigenvalue weighted by atomic mass is 9.72. The monoisotopic (exact) mass is 178 g/mol. The molecule has 1 saturated carbocycles. The molecule has 0 bridgehead atoms. The first-order chi connectivity index (χ1) is 6.30. The van der Waals surface area contributed by atoms with Gasteiger partial charge in [0, 0.05) is 0 Å². The largest absolute Gasteiger partial charge is 0.0749 e. The minimum Gasteiger partial charge on any atom is -0.0749 e. The molecule has 0 heterocycles. The molecule has 1 fully saturated rings. The summed E-state index contributed by atoms with van der Waals surface area (Å²) in [6, 6.07) is 0. The zero-order valence-electron chi connectivity index (χ0n) is 9.10. The lowest BCUT2D eigenvalue weighted by Gasteiger charge is -2.19. The lowest BCUT2D eigenvalue weighted by Crippen LogP contribution is -2.05. The van der Waals surface area contributed by atoms with Crippen LogP contribution in [-0.4, -0.2) is 7.85 Å². The van der Waals surface area contributed by atoms with Gasteiger partial charge in [0.15, 0.2) is 0 Å². The molecule has 74 valence electrons. The Bertz CT molecular complexity index is 108. The third-order valence-corrected chi connectivity index (χ3v) is 3.43. The van der Waals surface area contributed by atoms with E-state index in [-0.39, 0.29) is 0 Å². The van der Waals surface area contributed by atoms with Crippen molar-refractivity contribution >= 4 is 7.85 Å². The molecule has 0 nitrogen and oxygen atoms in total. The molecule has 0 N–H and O–H groups in total. The molecule has 0 aromatic carbocycles. The summed E-state index contributed by atoms with van der Waals surface area (Å²) in [6.07, 6.45) is 12.5. The van der Waals surface area contributed by atoms with Gasteiger partial charge in [-0.15, -0.1) is 0 Å². The third kappa shape index (κ3) is 4.74. The Kier molecular flexibility index (Phi) is 5.58. The molecule has 1 aliphatic carbocycles. The fourth-order valence-electron chi connectivity index (χ4n) is 2.23. The number of hydrogen-bond donors (Lipinski definition) is 0. The lowest BCUT2D eigenvalue weighted by molar-refractivity contribution is 0.447. The van der Waals surface area contributed by atoms with Gasteiger partial charge in [0.25, 0.3) is 0 Å². The second-order valence-corrected chi connectivity index (χ2v) is 4.69. The van der Waals surface area contributed by atoms with Gasteiger partial charge in [-0.3, -0.25) is 0 Å². The second-order valence-electron chi connectivity index (χ2n) is 4.69. The first-order valence-electron chi connectivity index (χ1n) is 6.06. The van der Waals surface area contributed by atoms with Crippen LogP contribution >= 0.6 is 0 Å². The number of hydrogen-bond acceptors (Lipinski definition) is 0. The molecule has 1 aliphatic rings. The third-order valence-electron chi connectivity index (χ3n) is 3.43. The summed E-state index contributed by atoms with van der Waals surface area (Å²) >= 11 is 0. The molecule has 13 heavy (non-hydrogen) atoms. The molecule has 2 radical (unpaired) electrons. The summed E-state index contributed by atoms with van der Waals surface area (Å²) in [6.45, 7) is 2.32. The Morgan fingerprint density at radius 1 is 0.769 bits per heavy atom. The van der Waals surface area contributed by atoms with E-state index in [4.69, 9.17) is 7.85 Å². The van der Waals surface area contributed by atoms with Crippen LogP contribution in [0.15, 0.2) is 0 Å². The van der Waals surface area contributed by atoms with E-state index in [2.05, 4.69) is 6.92 Å². The molecule has 0 saturated heterocycles. The topological polar surface area (TPSA) is 0 Å². The zero-order valence-corrected chi connectivity index (χ0v) is 9.10. The van der Waals surface area contributed by atoms with E-state index in [9.17, 15) is 0 Å². The van der Waals surface area contributed by atoms with Gasteiger partial charge >= 0.3 is 0 Å². The van der Waals surface area contributed by atoms with Gasteiger partial charge in [-0.1, -0.05) is 70.5 Å². The molecule has 0 aliphatic heterocycles. The maximum atomic E-state index is 6.12. The second kappa shape index (κ2) is 6.51. The van der Waals surface area contributed by atoms with Crippen molar-refractivity contribution in [2.75, 3.05) is 0 Å². The predicted molar refractivity (Wildman–Crippen MR) is 60.2 cm³/mol. The van der Waals surface area contributed by atoms with Gasteiger partial charge in [-0.2, -0.15) is 0 Å². The molecule has 0 spiro atoms. The van der Waals surface area contributed by atoms with Crippen molar-refractivity contribution in [1.29, 1.82) is 0 Å². The molecule has 0 aromatic heterocycles. The maximum absolute atomic E-state index is 6.12. The Hall–Kier alpha value is 0.0649. The minimum absolute atomic E-state index is 0.470. The van der Waals surface area contributed by atoms with Crippen LogP contribution in [0.3, 0.4) is 0 Å². The molecular formula is C12H23B.